The molecule has 3 aromatic carbocycles. The standard InChI is InChI=1S/C18H15BFO3/c1-11-9-17(22-2)14(10-16(11)23-19-21)18-13-6-4-3-5-12(13)7-8-15(18)20/h3-10,21H,1-2H3. The molecule has 0 aliphatic rings. The van der Waals surface area contributed by atoms with Crippen molar-refractivity contribution >= 4 is 18.5 Å². The fourth-order valence-corrected chi connectivity index (χ4v) is 2.73. The maximum atomic E-state index is 14.6. The first-order valence-corrected chi connectivity index (χ1v) is 7.14. The third-order valence-electron chi connectivity index (χ3n) is 3.82. The van der Waals surface area contributed by atoms with Crippen molar-refractivity contribution in [3.63, 3.8) is 0 Å². The molecule has 115 valence electrons. The first-order chi connectivity index (χ1) is 11.2. The highest BCUT2D eigenvalue weighted by Crippen LogP contribution is 2.40. The van der Waals surface area contributed by atoms with Gasteiger partial charge in [-0.1, -0.05) is 30.3 Å². The molecule has 0 aromatic heterocycles. The summed E-state index contributed by atoms with van der Waals surface area (Å²) in [6.07, 6.45) is 0. The van der Waals surface area contributed by atoms with E-state index in [1.165, 1.54) is 6.07 Å². The highest BCUT2D eigenvalue weighted by molar-refractivity contribution is 6.17. The highest BCUT2D eigenvalue weighted by atomic mass is 19.1. The lowest BCUT2D eigenvalue weighted by molar-refractivity contribution is 0.413. The van der Waals surface area contributed by atoms with Gasteiger partial charge < -0.3 is 14.4 Å². The summed E-state index contributed by atoms with van der Waals surface area (Å²) in [5.41, 5.74) is 1.79. The fourth-order valence-electron chi connectivity index (χ4n) is 2.73. The quantitative estimate of drug-likeness (QED) is 0.744. The molecule has 1 radical (unpaired) electrons. The summed E-state index contributed by atoms with van der Waals surface area (Å²) in [6.45, 7) is 1.82. The summed E-state index contributed by atoms with van der Waals surface area (Å²) >= 11 is 0. The van der Waals surface area contributed by atoms with Crippen LogP contribution in [0.3, 0.4) is 0 Å². The van der Waals surface area contributed by atoms with E-state index < -0.39 is 0 Å². The Morgan fingerprint density at radius 1 is 1.04 bits per heavy atom. The van der Waals surface area contributed by atoms with Gasteiger partial charge in [0.1, 0.15) is 17.3 Å². The summed E-state index contributed by atoms with van der Waals surface area (Å²) in [5, 5.41) is 10.6. The summed E-state index contributed by atoms with van der Waals surface area (Å²) in [5.74, 6) is 0.642. The Bertz CT molecular complexity index is 864. The van der Waals surface area contributed by atoms with Crippen LogP contribution < -0.4 is 9.39 Å². The lowest BCUT2D eigenvalue weighted by Crippen LogP contribution is -2.02. The Kier molecular flexibility index (Phi) is 4.21. The van der Waals surface area contributed by atoms with Crippen molar-refractivity contribution in [2.75, 3.05) is 7.11 Å². The molecule has 3 aromatic rings. The van der Waals surface area contributed by atoms with E-state index in [1.807, 2.05) is 31.2 Å². The molecule has 3 nitrogen and oxygen atoms in total. The topological polar surface area (TPSA) is 38.7 Å². The number of benzene rings is 3. The van der Waals surface area contributed by atoms with Gasteiger partial charge in [0.15, 0.2) is 0 Å². The van der Waals surface area contributed by atoms with Crippen LogP contribution in [-0.2, 0) is 0 Å². The van der Waals surface area contributed by atoms with Gasteiger partial charge in [0.05, 0.1) is 7.11 Å². The molecule has 0 fully saturated rings. The fraction of sp³-hybridized carbons (Fsp3) is 0.111. The average molecular weight is 309 g/mol. The van der Waals surface area contributed by atoms with Crippen molar-refractivity contribution in [2.24, 2.45) is 0 Å². The van der Waals surface area contributed by atoms with E-state index in [0.29, 0.717) is 30.3 Å². The van der Waals surface area contributed by atoms with Gasteiger partial charge in [-0.05, 0) is 41.5 Å². The SMILES string of the molecule is COc1cc(C)c(O[B]O)cc1-c1c(F)ccc2ccccc12. The Morgan fingerprint density at radius 3 is 2.57 bits per heavy atom. The number of halogens is 1. The van der Waals surface area contributed by atoms with E-state index in [-0.39, 0.29) is 5.82 Å². The van der Waals surface area contributed by atoms with Crippen LogP contribution >= 0.6 is 0 Å². The molecule has 0 bridgehead atoms. The molecule has 0 amide bonds. The van der Waals surface area contributed by atoms with Crippen molar-refractivity contribution in [3.05, 3.63) is 59.9 Å². The second kappa shape index (κ2) is 6.30. The summed E-state index contributed by atoms with van der Waals surface area (Å²) < 4.78 is 25.1. The van der Waals surface area contributed by atoms with E-state index in [0.717, 1.165) is 16.3 Å². The van der Waals surface area contributed by atoms with Gasteiger partial charge in [-0.3, -0.25) is 0 Å². The van der Waals surface area contributed by atoms with Crippen LogP contribution in [0.25, 0.3) is 21.9 Å². The number of fused-ring (bicyclic) bond motifs is 1. The molecule has 0 aliphatic carbocycles. The van der Waals surface area contributed by atoms with Gasteiger partial charge in [0.25, 0.3) is 0 Å². The number of hydrogen-bond acceptors (Lipinski definition) is 3. The highest BCUT2D eigenvalue weighted by Gasteiger charge is 2.17. The Labute approximate surface area is 134 Å². The molecule has 5 heteroatoms. The number of rotatable bonds is 4. The lowest BCUT2D eigenvalue weighted by Gasteiger charge is -2.16. The minimum atomic E-state index is -0.343. The first-order valence-electron chi connectivity index (χ1n) is 7.14. The molecular weight excluding hydrogens is 294 g/mol. The van der Waals surface area contributed by atoms with Crippen molar-refractivity contribution in [1.82, 2.24) is 0 Å². The maximum Gasteiger partial charge on any atom is 0.569 e. The molecular formula is C18H15BFO3. The third-order valence-corrected chi connectivity index (χ3v) is 3.82. The predicted octanol–water partition coefficient (Wildman–Crippen LogP) is 3.87. The van der Waals surface area contributed by atoms with Gasteiger partial charge in [-0.2, -0.15) is 0 Å². The summed E-state index contributed by atoms with van der Waals surface area (Å²) in [4.78, 5) is 0. The molecule has 3 rings (SSSR count). The Balaban J connectivity index is 2.33. The van der Waals surface area contributed by atoms with Crippen LogP contribution in [0, 0.1) is 12.7 Å². The van der Waals surface area contributed by atoms with Crippen molar-refractivity contribution in [2.45, 2.75) is 6.92 Å². The molecule has 0 aliphatic heterocycles. The van der Waals surface area contributed by atoms with Crippen LogP contribution in [0.2, 0.25) is 0 Å². The van der Waals surface area contributed by atoms with Crippen LogP contribution in [0.5, 0.6) is 11.5 Å². The van der Waals surface area contributed by atoms with E-state index in [9.17, 15) is 4.39 Å². The van der Waals surface area contributed by atoms with E-state index >= 15 is 0 Å². The molecule has 23 heavy (non-hydrogen) atoms. The minimum absolute atomic E-state index is 0.343. The number of aryl methyl sites for hydroxylation is 1. The molecule has 0 heterocycles. The zero-order chi connectivity index (χ0) is 16.4. The first kappa shape index (κ1) is 15.4. The Morgan fingerprint density at radius 2 is 1.83 bits per heavy atom. The second-order valence-electron chi connectivity index (χ2n) is 5.18. The largest absolute Gasteiger partial charge is 0.569 e. The summed E-state index contributed by atoms with van der Waals surface area (Å²) in [6, 6.07) is 14.2. The van der Waals surface area contributed by atoms with Gasteiger partial charge in [-0.25, -0.2) is 4.39 Å². The second-order valence-corrected chi connectivity index (χ2v) is 5.18. The molecule has 0 saturated carbocycles. The van der Waals surface area contributed by atoms with Crippen molar-refractivity contribution < 1.29 is 18.8 Å². The smallest absolute Gasteiger partial charge is 0.537 e. The molecule has 1 N–H and O–H groups in total. The number of ether oxygens (including phenoxy) is 1. The maximum absolute atomic E-state index is 14.6. The predicted molar refractivity (Wildman–Crippen MR) is 89.2 cm³/mol. The van der Waals surface area contributed by atoms with Gasteiger partial charge in [0.2, 0.25) is 0 Å². The molecule has 0 saturated heterocycles. The molecule has 0 atom stereocenters. The molecule has 0 spiro atoms. The van der Waals surface area contributed by atoms with E-state index in [1.54, 1.807) is 25.3 Å². The van der Waals surface area contributed by atoms with Gasteiger partial charge in [0, 0.05) is 11.1 Å². The van der Waals surface area contributed by atoms with Crippen LogP contribution in [0.15, 0.2) is 48.5 Å². The normalized spacial score (nSPS) is 10.6. The van der Waals surface area contributed by atoms with Crippen LogP contribution in [0.1, 0.15) is 5.56 Å². The zero-order valence-corrected chi connectivity index (χ0v) is 12.8. The minimum Gasteiger partial charge on any atom is -0.537 e. The summed E-state index contributed by atoms with van der Waals surface area (Å²) in [7, 11) is 2.15. The Hall–Kier alpha value is -2.53. The van der Waals surface area contributed by atoms with Crippen LogP contribution in [0.4, 0.5) is 4.39 Å². The van der Waals surface area contributed by atoms with Gasteiger partial charge in [-0.15, -0.1) is 0 Å². The van der Waals surface area contributed by atoms with Gasteiger partial charge >= 0.3 is 7.69 Å². The van der Waals surface area contributed by atoms with E-state index in [2.05, 4.69) is 0 Å². The lowest BCUT2D eigenvalue weighted by atomic mass is 9.95. The zero-order valence-electron chi connectivity index (χ0n) is 12.8. The number of hydrogen-bond donors (Lipinski definition) is 1. The molecule has 0 unspecified atom stereocenters. The van der Waals surface area contributed by atoms with Crippen molar-refractivity contribution in [1.29, 1.82) is 0 Å². The number of methoxy groups -OCH3 is 1. The third kappa shape index (κ3) is 2.75. The van der Waals surface area contributed by atoms with Crippen LogP contribution in [-0.4, -0.2) is 19.8 Å². The van der Waals surface area contributed by atoms with E-state index in [4.69, 9.17) is 14.4 Å². The van der Waals surface area contributed by atoms with Crippen molar-refractivity contribution in [3.8, 4) is 22.6 Å². The monoisotopic (exact) mass is 309 g/mol. The average Bonchev–Trinajstić information content (AvgIpc) is 2.57.